The Hall–Kier alpha value is -1.79. The van der Waals surface area contributed by atoms with E-state index in [2.05, 4.69) is 9.78 Å². The lowest BCUT2D eigenvalue weighted by molar-refractivity contribution is -0.208. The summed E-state index contributed by atoms with van der Waals surface area (Å²) in [6, 6.07) is 0. The number of Topliss-reactive ketones (excluding diaryl/α,β-unsaturated/α-hetero) is 1. The molecule has 0 amide bonds. The van der Waals surface area contributed by atoms with Crippen LogP contribution in [-0.4, -0.2) is 28.3 Å². The third-order valence-electron chi connectivity index (χ3n) is 4.20. The molecule has 7 nitrogen and oxygen atoms in total. The van der Waals surface area contributed by atoms with E-state index in [1.165, 1.54) is 64.2 Å². The fraction of sp³-hybridized carbons (Fsp3) is 0.800. The van der Waals surface area contributed by atoms with Crippen molar-refractivity contribution in [3.05, 3.63) is 0 Å². The van der Waals surface area contributed by atoms with Crippen molar-refractivity contribution in [3.8, 4) is 0 Å². The first-order valence-corrected chi connectivity index (χ1v) is 7.84. The Morgan fingerprint density at radius 3 is 1.23 bits per heavy atom. The van der Waals surface area contributed by atoms with E-state index in [4.69, 9.17) is 10.2 Å². The second kappa shape index (κ2) is 10.0. The van der Waals surface area contributed by atoms with Gasteiger partial charge in [0.25, 0.3) is 0 Å². The zero-order valence-corrected chi connectivity index (χ0v) is 12.7. The smallest absolute Gasteiger partial charge is 0.447 e. The molecule has 0 unspecified atom stereocenters. The first-order valence-electron chi connectivity index (χ1n) is 7.84. The Labute approximate surface area is 129 Å². The molecule has 22 heavy (non-hydrogen) atoms. The molecule has 0 aromatic rings. The quantitative estimate of drug-likeness (QED) is 0.585. The summed E-state index contributed by atoms with van der Waals surface area (Å²) < 4.78 is 0. The summed E-state index contributed by atoms with van der Waals surface area (Å²) in [5, 5.41) is 15.1. The van der Waals surface area contributed by atoms with Crippen LogP contribution in [0.4, 0.5) is 9.59 Å². The van der Waals surface area contributed by atoms with E-state index < -0.39 is 12.3 Å². The maximum absolute atomic E-state index is 12.2. The summed E-state index contributed by atoms with van der Waals surface area (Å²) in [6.07, 6.45) is 9.05. The number of carbonyl (C=O) groups excluding carboxylic acids is 1. The van der Waals surface area contributed by atoms with Gasteiger partial charge in [0.1, 0.15) is 5.78 Å². The predicted molar refractivity (Wildman–Crippen MR) is 76.4 cm³/mol. The first-order chi connectivity index (χ1) is 10.5. The highest BCUT2D eigenvalue weighted by Crippen LogP contribution is 2.32. The second-order valence-electron chi connectivity index (χ2n) is 5.77. The molecule has 0 heterocycles. The van der Waals surface area contributed by atoms with Crippen molar-refractivity contribution in [1.29, 1.82) is 0 Å². The first kappa shape index (κ1) is 18.3. The Balaban J connectivity index is 0.000000261. The third kappa shape index (κ3) is 7.28. The van der Waals surface area contributed by atoms with Crippen LogP contribution in [-0.2, 0) is 14.6 Å². The van der Waals surface area contributed by atoms with E-state index in [1.807, 2.05) is 0 Å². The molecule has 0 bridgehead atoms. The minimum Gasteiger partial charge on any atom is -0.447 e. The Kier molecular flexibility index (Phi) is 8.32. The molecular weight excluding hydrogens is 292 g/mol. The van der Waals surface area contributed by atoms with Crippen LogP contribution in [0.25, 0.3) is 0 Å². The van der Waals surface area contributed by atoms with E-state index in [-0.39, 0.29) is 0 Å². The van der Waals surface area contributed by atoms with Crippen molar-refractivity contribution >= 4 is 18.1 Å². The molecule has 0 saturated heterocycles. The molecule has 2 aliphatic rings. The zero-order chi connectivity index (χ0) is 16.4. The standard InChI is InChI=1S/C13H22O.C2H2O6/c14-13(11-7-3-1-4-8-11)12-9-5-2-6-10-12;3-1(4)7-8-2(5)6/h11-12H,1-10H2;(H,3,4)(H,5,6). The molecule has 0 aromatic carbocycles. The van der Waals surface area contributed by atoms with Crippen LogP contribution in [0.2, 0.25) is 0 Å². The van der Waals surface area contributed by atoms with E-state index in [1.54, 1.807) is 0 Å². The van der Waals surface area contributed by atoms with Crippen LogP contribution in [0.3, 0.4) is 0 Å². The second-order valence-corrected chi connectivity index (χ2v) is 5.77. The largest absolute Gasteiger partial charge is 0.547 e. The van der Waals surface area contributed by atoms with Gasteiger partial charge >= 0.3 is 12.3 Å². The SMILES string of the molecule is O=C(C1CCCCC1)C1CCCCC1.O=C(O)OOC(=O)O. The molecule has 2 saturated carbocycles. The van der Waals surface area contributed by atoms with E-state index >= 15 is 0 Å². The lowest BCUT2D eigenvalue weighted by Crippen LogP contribution is -2.27. The topological polar surface area (TPSA) is 110 Å². The fourth-order valence-electron chi connectivity index (χ4n) is 3.18. The monoisotopic (exact) mass is 316 g/mol. The van der Waals surface area contributed by atoms with Gasteiger partial charge in [-0.2, -0.15) is 0 Å². The number of ketones is 1. The van der Waals surface area contributed by atoms with Gasteiger partial charge < -0.3 is 10.2 Å². The van der Waals surface area contributed by atoms with Crippen molar-refractivity contribution < 1.29 is 34.4 Å². The van der Waals surface area contributed by atoms with Gasteiger partial charge in [0.2, 0.25) is 0 Å². The third-order valence-corrected chi connectivity index (χ3v) is 4.20. The molecule has 7 heteroatoms. The van der Waals surface area contributed by atoms with Crippen LogP contribution in [0.5, 0.6) is 0 Å². The lowest BCUT2D eigenvalue weighted by atomic mass is 9.77. The van der Waals surface area contributed by atoms with Crippen LogP contribution in [0.15, 0.2) is 0 Å². The number of carboxylic acid groups (broad SMARTS) is 2. The highest BCUT2D eigenvalue weighted by atomic mass is 17.2. The maximum atomic E-state index is 12.2. The summed E-state index contributed by atoms with van der Waals surface area (Å²) in [4.78, 5) is 37.0. The Morgan fingerprint density at radius 1 is 0.636 bits per heavy atom. The van der Waals surface area contributed by atoms with E-state index in [0.717, 1.165) is 0 Å². The highest BCUT2D eigenvalue weighted by molar-refractivity contribution is 5.83. The molecule has 0 aromatic heterocycles. The van der Waals surface area contributed by atoms with Gasteiger partial charge in [-0.3, -0.25) is 4.79 Å². The summed E-state index contributed by atoms with van der Waals surface area (Å²) in [5.41, 5.74) is 0. The maximum Gasteiger partial charge on any atom is 0.547 e. The normalized spacial score (nSPS) is 19.5. The molecule has 0 aliphatic heterocycles. The molecule has 2 fully saturated rings. The average Bonchev–Trinajstić information content (AvgIpc) is 2.54. The average molecular weight is 316 g/mol. The molecule has 0 spiro atoms. The van der Waals surface area contributed by atoms with Crippen LogP contribution in [0, 0.1) is 11.8 Å². The summed E-state index contributed by atoms with van der Waals surface area (Å²) in [5.74, 6) is 1.53. The van der Waals surface area contributed by atoms with Gasteiger partial charge in [0, 0.05) is 11.8 Å². The van der Waals surface area contributed by atoms with Gasteiger partial charge in [-0.15, -0.1) is 0 Å². The molecule has 126 valence electrons. The zero-order valence-electron chi connectivity index (χ0n) is 12.7. The van der Waals surface area contributed by atoms with Crippen molar-refractivity contribution in [2.45, 2.75) is 64.2 Å². The summed E-state index contributed by atoms with van der Waals surface area (Å²) in [7, 11) is 0. The predicted octanol–water partition coefficient (Wildman–Crippen LogP) is 4.01. The van der Waals surface area contributed by atoms with Crippen LogP contribution in [0.1, 0.15) is 64.2 Å². The molecular formula is C15H24O7. The van der Waals surface area contributed by atoms with Crippen molar-refractivity contribution in [2.75, 3.05) is 0 Å². The van der Waals surface area contributed by atoms with Gasteiger partial charge in [-0.25, -0.2) is 19.4 Å². The lowest BCUT2D eigenvalue weighted by Gasteiger charge is -2.27. The van der Waals surface area contributed by atoms with Gasteiger partial charge in [-0.05, 0) is 25.7 Å². The molecule has 2 aliphatic carbocycles. The number of hydrogen-bond acceptors (Lipinski definition) is 5. The summed E-state index contributed by atoms with van der Waals surface area (Å²) in [6.45, 7) is 0. The number of hydrogen-bond donors (Lipinski definition) is 2. The van der Waals surface area contributed by atoms with Crippen LogP contribution < -0.4 is 0 Å². The summed E-state index contributed by atoms with van der Waals surface area (Å²) >= 11 is 0. The van der Waals surface area contributed by atoms with Gasteiger partial charge in [0.05, 0.1) is 0 Å². The number of rotatable bonds is 2. The Morgan fingerprint density at radius 2 is 0.955 bits per heavy atom. The van der Waals surface area contributed by atoms with E-state index in [9.17, 15) is 14.4 Å². The Bertz CT molecular complexity index is 334. The number of carbonyl (C=O) groups is 3. The molecule has 2 N–H and O–H groups in total. The van der Waals surface area contributed by atoms with Crippen molar-refractivity contribution in [3.63, 3.8) is 0 Å². The molecule has 0 radical (unpaired) electrons. The fourth-order valence-corrected chi connectivity index (χ4v) is 3.18. The van der Waals surface area contributed by atoms with Crippen molar-refractivity contribution in [1.82, 2.24) is 0 Å². The molecule has 2 rings (SSSR count). The minimum absolute atomic E-state index is 0.451. The minimum atomic E-state index is -1.80. The van der Waals surface area contributed by atoms with Gasteiger partial charge in [0.15, 0.2) is 0 Å². The van der Waals surface area contributed by atoms with Gasteiger partial charge in [-0.1, -0.05) is 38.5 Å². The van der Waals surface area contributed by atoms with E-state index in [0.29, 0.717) is 17.6 Å². The van der Waals surface area contributed by atoms with Crippen LogP contribution >= 0.6 is 0 Å². The molecule has 0 atom stereocenters. The van der Waals surface area contributed by atoms with Crippen molar-refractivity contribution in [2.24, 2.45) is 11.8 Å². The highest BCUT2D eigenvalue weighted by Gasteiger charge is 2.28.